The van der Waals surface area contributed by atoms with Crippen molar-refractivity contribution in [3.63, 3.8) is 0 Å². The maximum Gasteiger partial charge on any atom is 0.331 e. The highest BCUT2D eigenvalue weighted by Gasteiger charge is 2.27. The van der Waals surface area contributed by atoms with Crippen LogP contribution in [0.25, 0.3) is 6.08 Å². The first-order chi connectivity index (χ1) is 10.1. The Hall–Kier alpha value is -2.10. The number of hydrogen-bond donors (Lipinski definition) is 0. The molecule has 0 bridgehead atoms. The monoisotopic (exact) mass is 290 g/mol. The van der Waals surface area contributed by atoms with E-state index in [-0.39, 0.29) is 5.97 Å². The van der Waals surface area contributed by atoms with Crippen molar-refractivity contribution in [2.24, 2.45) is 5.92 Å². The molecule has 21 heavy (non-hydrogen) atoms. The number of ether oxygens (including phenoxy) is 2. The Balaban J connectivity index is 2.59. The molecule has 0 saturated heterocycles. The van der Waals surface area contributed by atoms with Crippen molar-refractivity contribution >= 4 is 18.0 Å². The van der Waals surface area contributed by atoms with Crippen LogP contribution >= 0.6 is 0 Å². The lowest BCUT2D eigenvalue weighted by Gasteiger charge is -2.20. The van der Waals surface area contributed by atoms with E-state index in [2.05, 4.69) is 0 Å². The van der Waals surface area contributed by atoms with Crippen LogP contribution in [0.5, 0.6) is 0 Å². The van der Waals surface area contributed by atoms with Gasteiger partial charge < -0.3 is 9.47 Å². The van der Waals surface area contributed by atoms with Crippen molar-refractivity contribution in [2.45, 2.75) is 32.8 Å². The number of carbonyl (C=O) groups excluding carboxylic acids is 2. The van der Waals surface area contributed by atoms with Crippen LogP contribution in [-0.2, 0) is 19.1 Å². The number of methoxy groups -OCH3 is 1. The number of hydrogen-bond acceptors (Lipinski definition) is 4. The minimum atomic E-state index is -0.509. The summed E-state index contributed by atoms with van der Waals surface area (Å²) in [5.74, 6) is -1.23. The first-order valence-electron chi connectivity index (χ1n) is 7.10. The molecule has 114 valence electrons. The van der Waals surface area contributed by atoms with Crippen molar-refractivity contribution in [1.29, 1.82) is 0 Å². The molecule has 0 aromatic heterocycles. The standard InChI is InChI=1S/C17H22O4/c1-4-8-15(17(19)20-3)13(2)21-16(18)12-11-14-9-6-5-7-10-14/h5-7,9-13,15H,4,8H2,1-3H3/b12-11+. The molecule has 0 aliphatic heterocycles. The predicted molar refractivity (Wildman–Crippen MR) is 81.4 cm³/mol. The molecule has 2 unspecified atom stereocenters. The van der Waals surface area contributed by atoms with Gasteiger partial charge in [-0.05, 0) is 25.0 Å². The van der Waals surface area contributed by atoms with Crippen LogP contribution in [-0.4, -0.2) is 25.2 Å². The van der Waals surface area contributed by atoms with Crippen molar-refractivity contribution in [2.75, 3.05) is 7.11 Å². The quantitative estimate of drug-likeness (QED) is 0.571. The van der Waals surface area contributed by atoms with Gasteiger partial charge in [0.15, 0.2) is 0 Å². The van der Waals surface area contributed by atoms with E-state index in [0.717, 1.165) is 12.0 Å². The van der Waals surface area contributed by atoms with Crippen molar-refractivity contribution in [1.82, 2.24) is 0 Å². The van der Waals surface area contributed by atoms with Gasteiger partial charge >= 0.3 is 11.9 Å². The molecule has 1 rings (SSSR count). The fourth-order valence-electron chi connectivity index (χ4n) is 2.04. The molecular formula is C17H22O4. The molecule has 0 saturated carbocycles. The number of esters is 2. The zero-order valence-electron chi connectivity index (χ0n) is 12.7. The van der Waals surface area contributed by atoms with E-state index in [1.165, 1.54) is 13.2 Å². The summed E-state index contributed by atoms with van der Waals surface area (Å²) in [5, 5.41) is 0. The third-order valence-corrected chi connectivity index (χ3v) is 3.18. The molecule has 1 aromatic rings. The third kappa shape index (κ3) is 5.81. The molecule has 2 atom stereocenters. The molecule has 0 aliphatic rings. The fourth-order valence-corrected chi connectivity index (χ4v) is 2.04. The zero-order chi connectivity index (χ0) is 15.7. The van der Waals surface area contributed by atoms with Gasteiger partial charge in [-0.1, -0.05) is 43.7 Å². The van der Waals surface area contributed by atoms with Crippen molar-refractivity contribution < 1.29 is 19.1 Å². The molecule has 4 heteroatoms. The number of rotatable bonds is 7. The highest BCUT2D eigenvalue weighted by molar-refractivity contribution is 5.87. The van der Waals surface area contributed by atoms with Crippen molar-refractivity contribution in [3.05, 3.63) is 42.0 Å². The second kappa shape index (κ2) is 8.95. The number of carbonyl (C=O) groups is 2. The SMILES string of the molecule is CCCC(C(=O)OC)C(C)OC(=O)/C=C/c1ccccc1. The second-order valence-corrected chi connectivity index (χ2v) is 4.80. The van der Waals surface area contributed by atoms with Crippen LogP contribution in [0.3, 0.4) is 0 Å². The second-order valence-electron chi connectivity index (χ2n) is 4.80. The Bertz CT molecular complexity index is 479. The molecule has 4 nitrogen and oxygen atoms in total. The van der Waals surface area contributed by atoms with Gasteiger partial charge in [-0.15, -0.1) is 0 Å². The average Bonchev–Trinajstić information content (AvgIpc) is 2.50. The first-order valence-corrected chi connectivity index (χ1v) is 7.10. The van der Waals surface area contributed by atoms with Crippen LogP contribution in [0.4, 0.5) is 0 Å². The summed E-state index contributed by atoms with van der Waals surface area (Å²) >= 11 is 0. The van der Waals surface area contributed by atoms with Gasteiger partial charge in [0.05, 0.1) is 13.0 Å². The Morgan fingerprint density at radius 1 is 1.24 bits per heavy atom. The maximum absolute atomic E-state index is 11.8. The highest BCUT2D eigenvalue weighted by atomic mass is 16.6. The van der Waals surface area contributed by atoms with Crippen LogP contribution in [0.15, 0.2) is 36.4 Å². The van der Waals surface area contributed by atoms with Crippen molar-refractivity contribution in [3.8, 4) is 0 Å². The average molecular weight is 290 g/mol. The molecule has 0 heterocycles. The molecular weight excluding hydrogens is 268 g/mol. The van der Waals surface area contributed by atoms with Gasteiger partial charge in [0.1, 0.15) is 6.10 Å². The van der Waals surface area contributed by atoms with Gasteiger partial charge in [-0.2, -0.15) is 0 Å². The minimum Gasteiger partial charge on any atom is -0.469 e. The molecule has 0 amide bonds. The van der Waals surface area contributed by atoms with Gasteiger partial charge in [-0.3, -0.25) is 4.79 Å². The van der Waals surface area contributed by atoms with E-state index in [0.29, 0.717) is 6.42 Å². The lowest BCUT2D eigenvalue weighted by molar-refractivity contribution is -0.156. The van der Waals surface area contributed by atoms with Gasteiger partial charge in [0, 0.05) is 6.08 Å². The van der Waals surface area contributed by atoms with E-state index < -0.39 is 18.0 Å². The molecule has 0 radical (unpaired) electrons. The Morgan fingerprint density at radius 2 is 1.90 bits per heavy atom. The molecule has 0 N–H and O–H groups in total. The van der Waals surface area contributed by atoms with Crippen LogP contribution in [0, 0.1) is 5.92 Å². The van der Waals surface area contributed by atoms with Crippen LogP contribution < -0.4 is 0 Å². The normalized spacial score (nSPS) is 13.7. The molecule has 1 aromatic carbocycles. The Kier molecular flexibility index (Phi) is 7.23. The summed E-state index contributed by atoms with van der Waals surface area (Å²) in [5.41, 5.74) is 0.917. The third-order valence-electron chi connectivity index (χ3n) is 3.18. The van der Waals surface area contributed by atoms with E-state index in [1.54, 1.807) is 13.0 Å². The summed E-state index contributed by atoms with van der Waals surface area (Å²) in [6, 6.07) is 9.47. The summed E-state index contributed by atoms with van der Waals surface area (Å²) in [6.45, 7) is 3.69. The smallest absolute Gasteiger partial charge is 0.331 e. The Morgan fingerprint density at radius 3 is 2.48 bits per heavy atom. The van der Waals surface area contributed by atoms with E-state index in [1.807, 2.05) is 37.3 Å². The predicted octanol–water partition coefficient (Wildman–Crippen LogP) is 3.22. The Labute approximate surface area is 125 Å². The topological polar surface area (TPSA) is 52.6 Å². The summed E-state index contributed by atoms with van der Waals surface area (Å²) in [6.07, 6.45) is 3.99. The van der Waals surface area contributed by atoms with E-state index >= 15 is 0 Å². The van der Waals surface area contributed by atoms with E-state index in [9.17, 15) is 9.59 Å². The zero-order valence-corrected chi connectivity index (χ0v) is 12.7. The first kappa shape index (κ1) is 17.0. The maximum atomic E-state index is 11.8. The van der Waals surface area contributed by atoms with Crippen LogP contribution in [0.1, 0.15) is 32.3 Å². The lowest BCUT2D eigenvalue weighted by Crippen LogP contribution is -2.30. The largest absolute Gasteiger partial charge is 0.469 e. The van der Waals surface area contributed by atoms with Crippen LogP contribution in [0.2, 0.25) is 0 Å². The van der Waals surface area contributed by atoms with Gasteiger partial charge in [-0.25, -0.2) is 4.79 Å². The molecule has 0 fully saturated rings. The van der Waals surface area contributed by atoms with Gasteiger partial charge in [0.2, 0.25) is 0 Å². The van der Waals surface area contributed by atoms with E-state index in [4.69, 9.17) is 9.47 Å². The summed E-state index contributed by atoms with van der Waals surface area (Å²) < 4.78 is 10.0. The molecule has 0 spiro atoms. The summed E-state index contributed by atoms with van der Waals surface area (Å²) in [4.78, 5) is 23.5. The minimum absolute atomic E-state index is 0.343. The highest BCUT2D eigenvalue weighted by Crippen LogP contribution is 2.16. The van der Waals surface area contributed by atoms with Gasteiger partial charge in [0.25, 0.3) is 0 Å². The summed E-state index contributed by atoms with van der Waals surface area (Å²) in [7, 11) is 1.34. The lowest BCUT2D eigenvalue weighted by atomic mass is 9.98. The number of benzene rings is 1. The fraction of sp³-hybridized carbons (Fsp3) is 0.412. The molecule has 0 aliphatic carbocycles.